The molecule has 9 heteroatoms. The van der Waals surface area contributed by atoms with Crippen molar-refractivity contribution in [3.8, 4) is 0 Å². The maximum Gasteiger partial charge on any atom is 0.329 e. The van der Waals surface area contributed by atoms with Crippen molar-refractivity contribution in [2.45, 2.75) is 31.3 Å². The second-order valence-corrected chi connectivity index (χ2v) is 7.02. The number of rotatable bonds is 4. The van der Waals surface area contributed by atoms with E-state index in [0.29, 0.717) is 23.8 Å². The summed E-state index contributed by atoms with van der Waals surface area (Å²) in [6.07, 6.45) is 1.21. The van der Waals surface area contributed by atoms with E-state index in [-0.39, 0.29) is 29.8 Å². The fourth-order valence-electron chi connectivity index (χ4n) is 3.04. The SMILES string of the molecule is N[C@@H]1CCN(C(=O)CC[C@H]2NC(=O)N(c3ccc(Cl)c(Cl)c3)C2=O)C1. The lowest BCUT2D eigenvalue weighted by molar-refractivity contribution is -0.130. The third-order valence-corrected chi connectivity index (χ3v) is 5.14. The zero-order valence-corrected chi connectivity index (χ0v) is 14.9. The van der Waals surface area contributed by atoms with Crippen LogP contribution in [0.5, 0.6) is 0 Å². The Morgan fingerprint density at radius 2 is 2.04 bits per heavy atom. The molecule has 0 spiro atoms. The quantitative estimate of drug-likeness (QED) is 0.772. The Hall–Kier alpha value is -1.83. The average molecular weight is 385 g/mol. The number of benzene rings is 1. The maximum atomic E-state index is 12.5. The van der Waals surface area contributed by atoms with E-state index in [0.717, 1.165) is 11.3 Å². The summed E-state index contributed by atoms with van der Waals surface area (Å²) in [7, 11) is 0. The molecule has 3 rings (SSSR count). The summed E-state index contributed by atoms with van der Waals surface area (Å²) in [5.41, 5.74) is 6.14. The molecular formula is C16H18Cl2N4O3. The lowest BCUT2D eigenvalue weighted by Gasteiger charge is -2.17. The molecule has 2 saturated heterocycles. The molecular weight excluding hydrogens is 367 g/mol. The van der Waals surface area contributed by atoms with Gasteiger partial charge in [0.25, 0.3) is 5.91 Å². The molecule has 7 nitrogen and oxygen atoms in total. The highest BCUT2D eigenvalue weighted by Crippen LogP contribution is 2.29. The summed E-state index contributed by atoms with van der Waals surface area (Å²) in [6, 6.07) is 3.27. The fraction of sp³-hybridized carbons (Fsp3) is 0.438. The van der Waals surface area contributed by atoms with Crippen molar-refractivity contribution in [2.75, 3.05) is 18.0 Å². The number of nitrogens with two attached hydrogens (primary N) is 1. The molecule has 0 unspecified atom stereocenters. The first-order valence-electron chi connectivity index (χ1n) is 7.99. The number of nitrogens with one attached hydrogen (secondary N) is 1. The molecule has 2 fully saturated rings. The van der Waals surface area contributed by atoms with Gasteiger partial charge >= 0.3 is 6.03 Å². The van der Waals surface area contributed by atoms with Crippen LogP contribution in [-0.4, -0.2) is 47.9 Å². The van der Waals surface area contributed by atoms with E-state index in [2.05, 4.69) is 5.32 Å². The molecule has 25 heavy (non-hydrogen) atoms. The highest BCUT2D eigenvalue weighted by atomic mass is 35.5. The van der Waals surface area contributed by atoms with E-state index in [1.165, 1.54) is 12.1 Å². The van der Waals surface area contributed by atoms with Crippen LogP contribution in [0.4, 0.5) is 10.5 Å². The molecule has 2 aliphatic rings. The van der Waals surface area contributed by atoms with Crippen molar-refractivity contribution in [1.29, 1.82) is 0 Å². The summed E-state index contributed by atoms with van der Waals surface area (Å²) in [6.45, 7) is 1.18. The number of urea groups is 1. The Morgan fingerprint density at radius 3 is 2.68 bits per heavy atom. The van der Waals surface area contributed by atoms with E-state index in [1.807, 2.05) is 0 Å². The summed E-state index contributed by atoms with van der Waals surface area (Å²) in [5.74, 6) is -0.461. The lowest BCUT2D eigenvalue weighted by Crippen LogP contribution is -2.35. The Labute approximate surface area is 155 Å². The zero-order valence-electron chi connectivity index (χ0n) is 13.4. The molecule has 1 aromatic rings. The third-order valence-electron chi connectivity index (χ3n) is 4.40. The van der Waals surface area contributed by atoms with Crippen molar-refractivity contribution in [2.24, 2.45) is 5.73 Å². The molecule has 3 N–H and O–H groups in total. The number of hydrogen-bond donors (Lipinski definition) is 2. The van der Waals surface area contributed by atoms with E-state index in [1.54, 1.807) is 11.0 Å². The van der Waals surface area contributed by atoms with Crippen LogP contribution >= 0.6 is 23.2 Å². The molecule has 134 valence electrons. The van der Waals surface area contributed by atoms with Crippen LogP contribution in [-0.2, 0) is 9.59 Å². The van der Waals surface area contributed by atoms with Crippen molar-refractivity contribution < 1.29 is 14.4 Å². The van der Waals surface area contributed by atoms with Gasteiger partial charge in [-0.1, -0.05) is 23.2 Å². The summed E-state index contributed by atoms with van der Waals surface area (Å²) >= 11 is 11.8. The van der Waals surface area contributed by atoms with Gasteiger partial charge in [-0.2, -0.15) is 0 Å². The molecule has 2 aliphatic heterocycles. The number of hydrogen-bond acceptors (Lipinski definition) is 4. The standard InChI is InChI=1S/C16H18Cl2N4O3/c17-11-2-1-10(7-12(11)18)22-15(24)13(20-16(22)25)3-4-14(23)21-6-5-9(19)8-21/h1-2,7,9,13H,3-6,8,19H2,(H,20,25)/t9-,13-/m1/s1. The van der Waals surface area contributed by atoms with Gasteiger partial charge in [0.2, 0.25) is 5.91 Å². The minimum atomic E-state index is -0.734. The topological polar surface area (TPSA) is 95.7 Å². The van der Waals surface area contributed by atoms with Crippen LogP contribution in [0.15, 0.2) is 18.2 Å². The maximum absolute atomic E-state index is 12.5. The molecule has 1 aromatic carbocycles. The van der Waals surface area contributed by atoms with Gasteiger partial charge in [0.15, 0.2) is 0 Å². The van der Waals surface area contributed by atoms with Crippen LogP contribution < -0.4 is 16.0 Å². The summed E-state index contributed by atoms with van der Waals surface area (Å²) < 4.78 is 0. The van der Waals surface area contributed by atoms with Crippen molar-refractivity contribution in [3.05, 3.63) is 28.2 Å². The van der Waals surface area contributed by atoms with Crippen LogP contribution in [0.2, 0.25) is 10.0 Å². The molecule has 0 aromatic heterocycles. The van der Waals surface area contributed by atoms with Gasteiger partial charge in [-0.15, -0.1) is 0 Å². The van der Waals surface area contributed by atoms with E-state index < -0.39 is 18.0 Å². The number of nitrogens with zero attached hydrogens (tertiary/aromatic N) is 2. The highest BCUT2D eigenvalue weighted by molar-refractivity contribution is 6.42. The number of likely N-dealkylation sites (tertiary alicyclic amines) is 1. The van der Waals surface area contributed by atoms with E-state index in [4.69, 9.17) is 28.9 Å². The van der Waals surface area contributed by atoms with E-state index in [9.17, 15) is 14.4 Å². The summed E-state index contributed by atoms with van der Waals surface area (Å²) in [4.78, 5) is 39.5. The van der Waals surface area contributed by atoms with Gasteiger partial charge in [0.05, 0.1) is 15.7 Å². The van der Waals surface area contributed by atoms with Crippen LogP contribution in [0.1, 0.15) is 19.3 Å². The number of halogens is 2. The minimum Gasteiger partial charge on any atom is -0.341 e. The minimum absolute atomic E-state index is 0.0157. The predicted molar refractivity (Wildman–Crippen MR) is 94.7 cm³/mol. The summed E-state index contributed by atoms with van der Waals surface area (Å²) in [5, 5.41) is 3.20. The number of carbonyl (C=O) groups excluding carboxylic acids is 3. The molecule has 0 saturated carbocycles. The first-order chi connectivity index (χ1) is 11.9. The second kappa shape index (κ2) is 7.19. The van der Waals surface area contributed by atoms with Crippen molar-refractivity contribution >= 4 is 46.7 Å². The number of amides is 4. The largest absolute Gasteiger partial charge is 0.341 e. The van der Waals surface area contributed by atoms with Gasteiger partial charge in [-0.05, 0) is 31.0 Å². The van der Waals surface area contributed by atoms with Crippen molar-refractivity contribution in [3.63, 3.8) is 0 Å². The van der Waals surface area contributed by atoms with Gasteiger partial charge in [-0.3, -0.25) is 9.59 Å². The average Bonchev–Trinajstić information content (AvgIpc) is 3.12. The number of anilines is 1. The van der Waals surface area contributed by atoms with Crippen LogP contribution in [0.25, 0.3) is 0 Å². The van der Waals surface area contributed by atoms with Crippen LogP contribution in [0.3, 0.4) is 0 Å². The number of imide groups is 1. The molecule has 0 bridgehead atoms. The Bertz CT molecular complexity index is 727. The van der Waals surface area contributed by atoms with Gasteiger partial charge < -0.3 is 16.0 Å². The van der Waals surface area contributed by atoms with Gasteiger partial charge in [0.1, 0.15) is 6.04 Å². The Morgan fingerprint density at radius 1 is 1.28 bits per heavy atom. The third kappa shape index (κ3) is 3.73. The molecule has 0 aliphatic carbocycles. The normalized spacial score (nSPS) is 23.3. The first-order valence-corrected chi connectivity index (χ1v) is 8.75. The van der Waals surface area contributed by atoms with E-state index >= 15 is 0 Å². The fourth-order valence-corrected chi connectivity index (χ4v) is 3.33. The van der Waals surface area contributed by atoms with Gasteiger partial charge in [-0.25, -0.2) is 9.69 Å². The second-order valence-electron chi connectivity index (χ2n) is 6.20. The Kier molecular flexibility index (Phi) is 5.17. The zero-order chi connectivity index (χ0) is 18.1. The predicted octanol–water partition coefficient (Wildman–Crippen LogP) is 1.76. The van der Waals surface area contributed by atoms with Gasteiger partial charge in [0, 0.05) is 25.6 Å². The lowest BCUT2D eigenvalue weighted by atomic mass is 10.1. The van der Waals surface area contributed by atoms with Crippen LogP contribution in [0, 0.1) is 0 Å². The van der Waals surface area contributed by atoms with Crippen molar-refractivity contribution in [1.82, 2.24) is 10.2 Å². The smallest absolute Gasteiger partial charge is 0.329 e. The Balaban J connectivity index is 1.63. The molecule has 4 amide bonds. The molecule has 2 atom stereocenters. The first kappa shape index (κ1) is 18.0. The molecule has 0 radical (unpaired) electrons. The molecule has 2 heterocycles. The monoisotopic (exact) mass is 384 g/mol. The number of carbonyl (C=O) groups is 3. The highest BCUT2D eigenvalue weighted by Gasteiger charge is 2.39.